The standard InChI is InChI=1S/C48H38N2/c1-35-47(41-15-7-4-8-16-41)18-11-19-48(35)50(46-33-26-37-14-9-10-17-42(37)34-46)45-31-24-40(25-32-45)39-22-29-44(30-23-39)49(2)43-27-20-38(21-28-43)36-12-5-3-6-13-36/h3-34H,1-2H3. The molecule has 0 radical (unpaired) electrons. The van der Waals surface area contributed by atoms with Gasteiger partial charge in [-0.3, -0.25) is 0 Å². The summed E-state index contributed by atoms with van der Waals surface area (Å²) in [7, 11) is 2.12. The van der Waals surface area contributed by atoms with E-state index in [0.717, 1.165) is 22.7 Å². The van der Waals surface area contributed by atoms with Crippen molar-refractivity contribution in [2.24, 2.45) is 0 Å². The minimum absolute atomic E-state index is 1.12. The molecule has 0 aliphatic heterocycles. The Morgan fingerprint density at radius 3 is 1.38 bits per heavy atom. The van der Waals surface area contributed by atoms with Crippen LogP contribution in [0.4, 0.5) is 28.4 Å². The molecule has 0 aliphatic carbocycles. The van der Waals surface area contributed by atoms with Gasteiger partial charge in [-0.15, -0.1) is 0 Å². The van der Waals surface area contributed by atoms with Gasteiger partial charge in [-0.05, 0) is 111 Å². The van der Waals surface area contributed by atoms with E-state index in [1.165, 1.54) is 55.4 Å². The first-order valence-electron chi connectivity index (χ1n) is 17.2. The SMILES string of the molecule is Cc1c(-c2ccccc2)cccc1N(c1ccc(-c2ccc(N(C)c3ccc(-c4ccccc4)cc3)cc2)cc1)c1ccc2ccccc2c1. The van der Waals surface area contributed by atoms with Gasteiger partial charge in [-0.2, -0.15) is 0 Å². The second-order valence-electron chi connectivity index (χ2n) is 12.7. The molecule has 0 aromatic heterocycles. The molecule has 0 unspecified atom stereocenters. The molecule has 0 fully saturated rings. The lowest BCUT2D eigenvalue weighted by atomic mass is 9.97. The van der Waals surface area contributed by atoms with Crippen LogP contribution in [0.5, 0.6) is 0 Å². The molecule has 50 heavy (non-hydrogen) atoms. The van der Waals surface area contributed by atoms with Crippen molar-refractivity contribution < 1.29 is 0 Å². The van der Waals surface area contributed by atoms with Gasteiger partial charge in [0, 0.05) is 35.5 Å². The van der Waals surface area contributed by atoms with Crippen molar-refractivity contribution in [1.29, 1.82) is 0 Å². The monoisotopic (exact) mass is 642 g/mol. The summed E-state index contributed by atoms with van der Waals surface area (Å²) in [4.78, 5) is 4.62. The van der Waals surface area contributed by atoms with Gasteiger partial charge in [0.05, 0.1) is 0 Å². The Morgan fingerprint density at radius 2 is 0.800 bits per heavy atom. The normalized spacial score (nSPS) is 11.0. The maximum atomic E-state index is 2.39. The van der Waals surface area contributed by atoms with Crippen LogP contribution in [-0.4, -0.2) is 7.05 Å². The largest absolute Gasteiger partial charge is 0.345 e. The Morgan fingerprint density at radius 1 is 0.340 bits per heavy atom. The van der Waals surface area contributed by atoms with Gasteiger partial charge in [0.2, 0.25) is 0 Å². The summed E-state index contributed by atoms with van der Waals surface area (Å²) in [6.45, 7) is 2.23. The van der Waals surface area contributed by atoms with Crippen LogP contribution in [0, 0.1) is 6.92 Å². The average Bonchev–Trinajstić information content (AvgIpc) is 3.19. The number of hydrogen-bond donors (Lipinski definition) is 0. The number of rotatable bonds is 8. The molecule has 0 saturated carbocycles. The molecular formula is C48H38N2. The van der Waals surface area contributed by atoms with E-state index < -0.39 is 0 Å². The maximum absolute atomic E-state index is 2.39. The van der Waals surface area contributed by atoms with Crippen molar-refractivity contribution in [3.8, 4) is 33.4 Å². The molecule has 0 N–H and O–H groups in total. The predicted molar refractivity (Wildman–Crippen MR) is 214 cm³/mol. The fraction of sp³-hybridized carbons (Fsp3) is 0.0417. The van der Waals surface area contributed by atoms with Crippen molar-refractivity contribution in [2.75, 3.05) is 16.8 Å². The zero-order valence-electron chi connectivity index (χ0n) is 28.4. The van der Waals surface area contributed by atoms with Gasteiger partial charge in [-0.1, -0.05) is 140 Å². The van der Waals surface area contributed by atoms with Crippen molar-refractivity contribution in [3.63, 3.8) is 0 Å². The minimum atomic E-state index is 1.12. The van der Waals surface area contributed by atoms with E-state index in [9.17, 15) is 0 Å². The number of hydrogen-bond acceptors (Lipinski definition) is 2. The first-order valence-corrected chi connectivity index (χ1v) is 17.2. The second-order valence-corrected chi connectivity index (χ2v) is 12.7. The Kier molecular flexibility index (Phi) is 8.42. The van der Waals surface area contributed by atoms with E-state index in [0.29, 0.717) is 0 Å². The molecule has 8 aromatic rings. The Hall–Kier alpha value is -6.38. The van der Waals surface area contributed by atoms with Crippen LogP contribution in [0.1, 0.15) is 5.56 Å². The number of anilines is 5. The maximum Gasteiger partial charge on any atom is 0.0496 e. The molecule has 240 valence electrons. The third-order valence-corrected chi connectivity index (χ3v) is 9.70. The summed E-state index contributed by atoms with van der Waals surface area (Å²) in [6.07, 6.45) is 0. The Balaban J connectivity index is 1.10. The van der Waals surface area contributed by atoms with E-state index in [4.69, 9.17) is 0 Å². The van der Waals surface area contributed by atoms with E-state index >= 15 is 0 Å². The third kappa shape index (κ3) is 6.16. The highest BCUT2D eigenvalue weighted by Gasteiger charge is 2.18. The molecule has 0 atom stereocenters. The van der Waals surface area contributed by atoms with Crippen LogP contribution in [0.2, 0.25) is 0 Å². The lowest BCUT2D eigenvalue weighted by Gasteiger charge is -2.28. The quantitative estimate of drug-likeness (QED) is 0.163. The zero-order chi connectivity index (χ0) is 33.9. The van der Waals surface area contributed by atoms with Gasteiger partial charge in [-0.25, -0.2) is 0 Å². The number of nitrogens with zero attached hydrogens (tertiary/aromatic N) is 2. The zero-order valence-corrected chi connectivity index (χ0v) is 28.4. The molecule has 0 amide bonds. The third-order valence-electron chi connectivity index (χ3n) is 9.70. The highest BCUT2D eigenvalue weighted by Crippen LogP contribution is 2.41. The first-order chi connectivity index (χ1) is 24.6. The van der Waals surface area contributed by atoms with Gasteiger partial charge < -0.3 is 9.80 Å². The molecule has 8 aromatic carbocycles. The Bertz CT molecular complexity index is 2360. The topological polar surface area (TPSA) is 6.48 Å². The van der Waals surface area contributed by atoms with E-state index in [1.807, 2.05) is 0 Å². The molecule has 0 saturated heterocycles. The number of fused-ring (bicyclic) bond motifs is 1. The van der Waals surface area contributed by atoms with Crippen LogP contribution in [0.3, 0.4) is 0 Å². The lowest BCUT2D eigenvalue weighted by Crippen LogP contribution is -2.11. The fourth-order valence-corrected chi connectivity index (χ4v) is 6.88. The molecule has 0 bridgehead atoms. The molecular weight excluding hydrogens is 605 g/mol. The van der Waals surface area contributed by atoms with Crippen LogP contribution in [-0.2, 0) is 0 Å². The molecule has 8 rings (SSSR count). The fourth-order valence-electron chi connectivity index (χ4n) is 6.88. The van der Waals surface area contributed by atoms with E-state index in [-0.39, 0.29) is 0 Å². The van der Waals surface area contributed by atoms with E-state index in [2.05, 4.69) is 218 Å². The van der Waals surface area contributed by atoms with E-state index in [1.54, 1.807) is 0 Å². The number of benzene rings is 8. The van der Waals surface area contributed by atoms with Crippen LogP contribution < -0.4 is 9.80 Å². The summed E-state index contributed by atoms with van der Waals surface area (Å²) in [5.41, 5.74) is 14.2. The summed E-state index contributed by atoms with van der Waals surface area (Å²) >= 11 is 0. The van der Waals surface area contributed by atoms with Crippen LogP contribution in [0.15, 0.2) is 194 Å². The Labute approximate surface area is 295 Å². The van der Waals surface area contributed by atoms with Crippen molar-refractivity contribution in [3.05, 3.63) is 200 Å². The first kappa shape index (κ1) is 30.9. The molecule has 2 nitrogen and oxygen atoms in total. The van der Waals surface area contributed by atoms with Crippen molar-refractivity contribution >= 4 is 39.2 Å². The lowest BCUT2D eigenvalue weighted by molar-refractivity contribution is 1.21. The summed E-state index contributed by atoms with van der Waals surface area (Å²) in [5, 5.41) is 2.46. The molecule has 0 spiro atoms. The van der Waals surface area contributed by atoms with Crippen molar-refractivity contribution in [2.45, 2.75) is 6.92 Å². The van der Waals surface area contributed by atoms with Crippen LogP contribution >= 0.6 is 0 Å². The molecule has 2 heteroatoms. The minimum Gasteiger partial charge on any atom is -0.345 e. The van der Waals surface area contributed by atoms with Gasteiger partial charge in [0.1, 0.15) is 0 Å². The summed E-state index contributed by atoms with van der Waals surface area (Å²) < 4.78 is 0. The van der Waals surface area contributed by atoms with Crippen LogP contribution in [0.25, 0.3) is 44.2 Å². The smallest absolute Gasteiger partial charge is 0.0496 e. The van der Waals surface area contributed by atoms with Gasteiger partial charge >= 0.3 is 0 Å². The molecule has 0 aliphatic rings. The van der Waals surface area contributed by atoms with Gasteiger partial charge in [0.15, 0.2) is 0 Å². The van der Waals surface area contributed by atoms with Crippen molar-refractivity contribution in [1.82, 2.24) is 0 Å². The highest BCUT2D eigenvalue weighted by molar-refractivity contribution is 5.91. The van der Waals surface area contributed by atoms with Gasteiger partial charge in [0.25, 0.3) is 0 Å². The average molecular weight is 643 g/mol. The predicted octanol–water partition coefficient (Wildman–Crippen LogP) is 13.4. The second kappa shape index (κ2) is 13.6. The molecule has 0 heterocycles. The highest BCUT2D eigenvalue weighted by atomic mass is 15.1. The summed E-state index contributed by atoms with van der Waals surface area (Å²) in [5.74, 6) is 0. The summed E-state index contributed by atoms with van der Waals surface area (Å²) in [6, 6.07) is 69.7.